The number of methoxy groups -OCH3 is 2. The van der Waals surface area contributed by atoms with Crippen LogP contribution < -0.4 is 15.2 Å². The van der Waals surface area contributed by atoms with Crippen LogP contribution in [0, 0.1) is 16.7 Å². The molecule has 7 nitrogen and oxygen atoms in total. The van der Waals surface area contributed by atoms with Crippen LogP contribution in [0.3, 0.4) is 0 Å². The normalized spacial score (nSPS) is 10.6. The van der Waals surface area contributed by atoms with Crippen molar-refractivity contribution >= 4 is 16.9 Å². The molecule has 3 aromatic carbocycles. The van der Waals surface area contributed by atoms with Crippen molar-refractivity contribution in [3.63, 3.8) is 0 Å². The van der Waals surface area contributed by atoms with E-state index in [9.17, 15) is 5.26 Å². The highest BCUT2D eigenvalue weighted by Gasteiger charge is 2.18. The van der Waals surface area contributed by atoms with Crippen molar-refractivity contribution in [2.45, 2.75) is 0 Å². The lowest BCUT2D eigenvalue weighted by molar-refractivity contribution is 0.411. The van der Waals surface area contributed by atoms with Gasteiger partial charge in [0.2, 0.25) is 0 Å². The average molecular weight is 397 g/mol. The summed E-state index contributed by atoms with van der Waals surface area (Å²) in [6.45, 7) is 0. The molecule has 1 aromatic heterocycles. The monoisotopic (exact) mass is 397 g/mol. The van der Waals surface area contributed by atoms with Gasteiger partial charge >= 0.3 is 0 Å². The highest BCUT2D eigenvalue weighted by atomic mass is 16.5. The Balaban J connectivity index is 1.91. The molecule has 0 bridgehead atoms. The molecule has 0 unspecified atom stereocenters. The summed E-state index contributed by atoms with van der Waals surface area (Å²) in [6.07, 6.45) is 0. The Bertz CT molecular complexity index is 1320. The Labute approximate surface area is 173 Å². The van der Waals surface area contributed by atoms with E-state index in [2.05, 4.69) is 16.0 Å². The summed E-state index contributed by atoms with van der Waals surface area (Å²) in [5.41, 5.74) is 10.6. The number of hydrogen-bond donors (Lipinski definition) is 3. The first-order chi connectivity index (χ1) is 14.5. The summed E-state index contributed by atoms with van der Waals surface area (Å²) in [7, 11) is 3.19. The van der Waals surface area contributed by atoms with E-state index < -0.39 is 0 Å². The molecule has 0 saturated heterocycles. The molecular formula is C23H19N5O2. The number of ether oxygens (including phenoxy) is 2. The van der Waals surface area contributed by atoms with Crippen molar-refractivity contribution in [3.8, 4) is 40.1 Å². The van der Waals surface area contributed by atoms with Crippen molar-refractivity contribution in [2.24, 2.45) is 5.73 Å². The van der Waals surface area contributed by atoms with Gasteiger partial charge in [-0.3, -0.25) is 5.41 Å². The van der Waals surface area contributed by atoms with Gasteiger partial charge < -0.3 is 20.2 Å². The predicted octanol–water partition coefficient (Wildman–Crippen LogP) is 4.07. The van der Waals surface area contributed by atoms with E-state index >= 15 is 0 Å². The fraction of sp³-hybridized carbons (Fsp3) is 0.0870. The van der Waals surface area contributed by atoms with Crippen LogP contribution in [0.15, 0.2) is 54.6 Å². The third-order valence-corrected chi connectivity index (χ3v) is 4.89. The van der Waals surface area contributed by atoms with Crippen molar-refractivity contribution in [3.05, 3.63) is 65.7 Å². The fourth-order valence-corrected chi connectivity index (χ4v) is 3.45. The number of H-pyrrole nitrogens is 1. The Morgan fingerprint density at radius 1 is 1.03 bits per heavy atom. The zero-order chi connectivity index (χ0) is 21.3. The number of nitriles is 1. The lowest BCUT2D eigenvalue weighted by Crippen LogP contribution is -2.10. The van der Waals surface area contributed by atoms with Crippen LogP contribution >= 0.6 is 0 Å². The molecule has 0 aliphatic heterocycles. The van der Waals surface area contributed by atoms with Crippen LogP contribution in [-0.2, 0) is 0 Å². The van der Waals surface area contributed by atoms with Crippen molar-refractivity contribution in [1.82, 2.24) is 9.97 Å². The summed E-state index contributed by atoms with van der Waals surface area (Å²) in [5, 5.41) is 16.9. The number of fused-ring (bicyclic) bond motifs is 1. The summed E-state index contributed by atoms with van der Waals surface area (Å²) < 4.78 is 11.3. The number of para-hydroxylation sites is 1. The zero-order valence-corrected chi connectivity index (χ0v) is 16.5. The van der Waals surface area contributed by atoms with E-state index in [1.165, 1.54) is 0 Å². The fourth-order valence-electron chi connectivity index (χ4n) is 3.45. The first-order valence-corrected chi connectivity index (χ1v) is 9.15. The molecule has 0 fully saturated rings. The minimum absolute atomic E-state index is 0.00269. The number of nitrogens with two attached hydrogens (primary N) is 1. The Kier molecular flexibility index (Phi) is 4.82. The number of aromatic nitrogens is 2. The number of benzene rings is 3. The number of hydrogen-bond acceptors (Lipinski definition) is 5. The maximum absolute atomic E-state index is 9.31. The Morgan fingerprint density at radius 2 is 1.83 bits per heavy atom. The molecule has 1 heterocycles. The molecule has 0 aliphatic rings. The molecule has 0 atom stereocenters. The van der Waals surface area contributed by atoms with Gasteiger partial charge in [0.25, 0.3) is 0 Å². The molecule has 148 valence electrons. The number of amidine groups is 1. The van der Waals surface area contributed by atoms with Gasteiger partial charge in [-0.1, -0.05) is 12.1 Å². The minimum atomic E-state index is -0.00269. The predicted molar refractivity (Wildman–Crippen MR) is 116 cm³/mol. The molecule has 4 aromatic rings. The average Bonchev–Trinajstić information content (AvgIpc) is 3.21. The number of aromatic amines is 1. The quantitative estimate of drug-likeness (QED) is 0.346. The molecule has 4 N–H and O–H groups in total. The number of nitrogens with one attached hydrogen (secondary N) is 2. The van der Waals surface area contributed by atoms with Crippen molar-refractivity contribution < 1.29 is 9.47 Å². The molecule has 0 aliphatic carbocycles. The highest BCUT2D eigenvalue weighted by molar-refractivity contribution is 5.98. The second-order valence-corrected chi connectivity index (χ2v) is 6.64. The SMILES string of the molecule is COc1ccc(C#N)cc1-c1cccc(-c2nc3ccc(C(=N)N)cc3[nH]2)c1OC. The smallest absolute Gasteiger partial charge is 0.142 e. The Morgan fingerprint density at radius 3 is 2.53 bits per heavy atom. The molecule has 7 heteroatoms. The van der Waals surface area contributed by atoms with Crippen LogP contribution in [-0.4, -0.2) is 30.0 Å². The third kappa shape index (κ3) is 3.20. The summed E-state index contributed by atoms with van der Waals surface area (Å²) in [4.78, 5) is 7.96. The number of imidazole rings is 1. The maximum Gasteiger partial charge on any atom is 0.142 e. The topological polar surface area (TPSA) is 121 Å². The number of nitrogen functional groups attached to an aromatic ring is 1. The first-order valence-electron chi connectivity index (χ1n) is 9.15. The van der Waals surface area contributed by atoms with E-state index in [1.807, 2.05) is 24.3 Å². The van der Waals surface area contributed by atoms with E-state index in [0.717, 1.165) is 27.7 Å². The minimum Gasteiger partial charge on any atom is -0.496 e. The van der Waals surface area contributed by atoms with Crippen LogP contribution in [0.2, 0.25) is 0 Å². The lowest BCUT2D eigenvalue weighted by Gasteiger charge is -2.15. The van der Waals surface area contributed by atoms with E-state index in [1.54, 1.807) is 44.6 Å². The second kappa shape index (κ2) is 7.60. The molecule has 0 amide bonds. The van der Waals surface area contributed by atoms with Crippen LogP contribution in [0.4, 0.5) is 0 Å². The van der Waals surface area contributed by atoms with E-state index in [4.69, 9.17) is 20.6 Å². The van der Waals surface area contributed by atoms with E-state index in [0.29, 0.717) is 28.5 Å². The van der Waals surface area contributed by atoms with Gasteiger partial charge in [0.1, 0.15) is 23.2 Å². The number of rotatable bonds is 5. The number of nitrogens with zero attached hydrogens (tertiary/aromatic N) is 2. The molecular weight excluding hydrogens is 378 g/mol. The molecule has 30 heavy (non-hydrogen) atoms. The molecule has 4 rings (SSSR count). The van der Waals surface area contributed by atoms with Gasteiger partial charge in [-0.05, 0) is 42.5 Å². The van der Waals surface area contributed by atoms with Gasteiger partial charge in [0, 0.05) is 16.7 Å². The zero-order valence-electron chi connectivity index (χ0n) is 16.5. The van der Waals surface area contributed by atoms with Gasteiger partial charge in [0.05, 0.1) is 42.4 Å². The molecule has 0 radical (unpaired) electrons. The van der Waals surface area contributed by atoms with Gasteiger partial charge in [-0.2, -0.15) is 5.26 Å². The van der Waals surface area contributed by atoms with Gasteiger partial charge in [-0.15, -0.1) is 0 Å². The van der Waals surface area contributed by atoms with Crippen LogP contribution in [0.1, 0.15) is 11.1 Å². The van der Waals surface area contributed by atoms with Crippen LogP contribution in [0.25, 0.3) is 33.5 Å². The lowest BCUT2D eigenvalue weighted by atomic mass is 9.98. The van der Waals surface area contributed by atoms with Gasteiger partial charge in [-0.25, -0.2) is 4.98 Å². The molecule has 0 saturated carbocycles. The summed E-state index contributed by atoms with van der Waals surface area (Å²) in [5.74, 6) is 1.87. The summed E-state index contributed by atoms with van der Waals surface area (Å²) in [6, 6.07) is 18.5. The standard InChI is InChI=1S/C23H19N5O2/c1-29-20-9-6-13(12-24)10-17(20)15-4-3-5-16(21(15)30-2)23-27-18-8-7-14(22(25)26)11-19(18)28-23/h3-11H,1-2H3,(H3,25,26)(H,27,28). The summed E-state index contributed by atoms with van der Waals surface area (Å²) >= 11 is 0. The van der Waals surface area contributed by atoms with Crippen molar-refractivity contribution in [1.29, 1.82) is 10.7 Å². The van der Waals surface area contributed by atoms with Crippen molar-refractivity contribution in [2.75, 3.05) is 14.2 Å². The van der Waals surface area contributed by atoms with E-state index in [-0.39, 0.29) is 5.84 Å². The first kappa shape index (κ1) is 19.0. The Hall–Kier alpha value is -4.31. The van der Waals surface area contributed by atoms with Gasteiger partial charge in [0.15, 0.2) is 0 Å². The second-order valence-electron chi connectivity index (χ2n) is 6.64. The van der Waals surface area contributed by atoms with Crippen LogP contribution in [0.5, 0.6) is 11.5 Å². The molecule has 0 spiro atoms. The largest absolute Gasteiger partial charge is 0.496 e. The highest BCUT2D eigenvalue weighted by Crippen LogP contribution is 2.42. The third-order valence-electron chi connectivity index (χ3n) is 4.89. The maximum atomic E-state index is 9.31.